The Bertz CT molecular complexity index is 694. The second kappa shape index (κ2) is 6.01. The molecule has 0 aliphatic carbocycles. The molecule has 2 rings (SSSR count). The Morgan fingerprint density at radius 2 is 1.86 bits per heavy atom. The highest BCUT2D eigenvalue weighted by Crippen LogP contribution is 2.33. The van der Waals surface area contributed by atoms with Gasteiger partial charge in [0.15, 0.2) is 5.84 Å². The molecule has 6 heteroatoms. The standard InChI is InChI=1S/C15H14ClFN2O2/c1-8-5-10(16)6-9(2)14(8)21-13-4-3-11(17)7-12(13)15(18)19-20/h3-7,20H,1-2H3,(H2,18,19). The number of aryl methyl sites for hydroxylation is 2. The van der Waals surface area contributed by atoms with Crippen LogP contribution in [-0.2, 0) is 0 Å². The predicted octanol–water partition coefficient (Wildman–Crippen LogP) is 3.98. The second-order valence-corrected chi connectivity index (χ2v) is 5.03. The van der Waals surface area contributed by atoms with Gasteiger partial charge in [0.2, 0.25) is 0 Å². The zero-order chi connectivity index (χ0) is 15.6. The van der Waals surface area contributed by atoms with Crippen LogP contribution in [0.25, 0.3) is 0 Å². The number of ether oxygens (including phenoxy) is 1. The molecule has 0 heterocycles. The zero-order valence-electron chi connectivity index (χ0n) is 11.5. The normalized spacial score (nSPS) is 11.5. The maximum atomic E-state index is 13.3. The van der Waals surface area contributed by atoms with Gasteiger partial charge >= 0.3 is 0 Å². The predicted molar refractivity (Wildman–Crippen MR) is 79.9 cm³/mol. The molecule has 4 nitrogen and oxygen atoms in total. The molecule has 0 radical (unpaired) electrons. The quantitative estimate of drug-likeness (QED) is 0.390. The summed E-state index contributed by atoms with van der Waals surface area (Å²) in [6, 6.07) is 7.33. The molecule has 0 spiro atoms. The fraction of sp³-hybridized carbons (Fsp3) is 0.133. The monoisotopic (exact) mass is 308 g/mol. The highest BCUT2D eigenvalue weighted by molar-refractivity contribution is 6.30. The van der Waals surface area contributed by atoms with Gasteiger partial charge in [0.05, 0.1) is 5.56 Å². The molecule has 3 N–H and O–H groups in total. The third kappa shape index (κ3) is 3.25. The first-order chi connectivity index (χ1) is 9.92. The minimum Gasteiger partial charge on any atom is -0.456 e. The van der Waals surface area contributed by atoms with Crippen molar-refractivity contribution in [1.29, 1.82) is 0 Å². The Morgan fingerprint density at radius 1 is 1.24 bits per heavy atom. The summed E-state index contributed by atoms with van der Waals surface area (Å²) in [5.41, 5.74) is 7.38. The van der Waals surface area contributed by atoms with Gasteiger partial charge < -0.3 is 15.7 Å². The van der Waals surface area contributed by atoms with E-state index in [2.05, 4.69) is 5.16 Å². The van der Waals surface area contributed by atoms with Gasteiger partial charge in [0.25, 0.3) is 0 Å². The number of halogens is 2. The number of amidine groups is 1. The summed E-state index contributed by atoms with van der Waals surface area (Å²) < 4.78 is 19.1. The number of hydrogen-bond acceptors (Lipinski definition) is 3. The van der Waals surface area contributed by atoms with Crippen molar-refractivity contribution in [3.8, 4) is 11.5 Å². The third-order valence-corrected chi connectivity index (χ3v) is 3.18. The van der Waals surface area contributed by atoms with Gasteiger partial charge in [-0.1, -0.05) is 16.8 Å². The Morgan fingerprint density at radius 3 is 2.43 bits per heavy atom. The maximum Gasteiger partial charge on any atom is 0.173 e. The summed E-state index contributed by atoms with van der Waals surface area (Å²) in [5, 5.41) is 12.3. The van der Waals surface area contributed by atoms with Gasteiger partial charge in [-0.25, -0.2) is 4.39 Å². The molecule has 0 aromatic heterocycles. The van der Waals surface area contributed by atoms with Crippen LogP contribution < -0.4 is 10.5 Å². The molecule has 0 fully saturated rings. The van der Waals surface area contributed by atoms with Crippen molar-refractivity contribution in [1.82, 2.24) is 0 Å². The zero-order valence-corrected chi connectivity index (χ0v) is 12.3. The molecule has 2 aromatic rings. The van der Waals surface area contributed by atoms with Crippen molar-refractivity contribution in [3.63, 3.8) is 0 Å². The Kier molecular flexibility index (Phi) is 4.33. The van der Waals surface area contributed by atoms with Gasteiger partial charge in [-0.3, -0.25) is 0 Å². The summed E-state index contributed by atoms with van der Waals surface area (Å²) in [5.74, 6) is 0.153. The molecule has 0 aliphatic heterocycles. The third-order valence-electron chi connectivity index (χ3n) is 2.96. The van der Waals surface area contributed by atoms with Gasteiger partial charge in [-0.2, -0.15) is 0 Å². The summed E-state index contributed by atoms with van der Waals surface area (Å²) >= 11 is 5.97. The number of nitrogens with two attached hydrogens (primary N) is 1. The summed E-state index contributed by atoms with van der Waals surface area (Å²) in [4.78, 5) is 0. The molecule has 0 aliphatic rings. The van der Waals surface area contributed by atoms with E-state index in [1.165, 1.54) is 12.1 Å². The number of hydrogen-bond donors (Lipinski definition) is 2. The van der Waals surface area contributed by atoms with E-state index in [4.69, 9.17) is 27.3 Å². The van der Waals surface area contributed by atoms with E-state index in [-0.39, 0.29) is 11.4 Å². The fourth-order valence-electron chi connectivity index (χ4n) is 2.01. The highest BCUT2D eigenvalue weighted by Gasteiger charge is 2.14. The van der Waals surface area contributed by atoms with Crippen LogP contribution in [0.3, 0.4) is 0 Å². The second-order valence-electron chi connectivity index (χ2n) is 4.60. The number of benzene rings is 2. The van der Waals surface area contributed by atoms with E-state index in [9.17, 15) is 4.39 Å². The smallest absolute Gasteiger partial charge is 0.173 e. The Labute approximate surface area is 126 Å². The lowest BCUT2D eigenvalue weighted by Crippen LogP contribution is -2.14. The van der Waals surface area contributed by atoms with E-state index in [0.29, 0.717) is 16.5 Å². The summed E-state index contributed by atoms with van der Waals surface area (Å²) in [6.45, 7) is 3.70. The number of oxime groups is 1. The number of rotatable bonds is 3. The van der Waals surface area contributed by atoms with E-state index in [1.807, 2.05) is 13.8 Å². The average molecular weight is 309 g/mol. The van der Waals surface area contributed by atoms with Crippen LogP contribution in [0.5, 0.6) is 11.5 Å². The average Bonchev–Trinajstić information content (AvgIpc) is 2.43. The fourth-order valence-corrected chi connectivity index (χ4v) is 2.34. The largest absolute Gasteiger partial charge is 0.456 e. The summed E-state index contributed by atoms with van der Waals surface area (Å²) in [7, 11) is 0. The van der Waals surface area contributed by atoms with Crippen molar-refractivity contribution in [2.75, 3.05) is 0 Å². The van der Waals surface area contributed by atoms with Crippen LogP contribution in [0.1, 0.15) is 16.7 Å². The maximum absolute atomic E-state index is 13.3. The lowest BCUT2D eigenvalue weighted by atomic mass is 10.1. The first-order valence-corrected chi connectivity index (χ1v) is 6.52. The highest BCUT2D eigenvalue weighted by atomic mass is 35.5. The SMILES string of the molecule is Cc1cc(Cl)cc(C)c1Oc1ccc(F)cc1C(N)=NO. The van der Waals surface area contributed by atoms with E-state index in [0.717, 1.165) is 17.2 Å². The van der Waals surface area contributed by atoms with E-state index < -0.39 is 5.82 Å². The summed E-state index contributed by atoms with van der Waals surface area (Å²) in [6.07, 6.45) is 0. The van der Waals surface area contributed by atoms with Crippen LogP contribution in [-0.4, -0.2) is 11.0 Å². The van der Waals surface area contributed by atoms with Crippen LogP contribution in [0.4, 0.5) is 4.39 Å². The van der Waals surface area contributed by atoms with Crippen molar-refractivity contribution in [2.45, 2.75) is 13.8 Å². The molecule has 0 bridgehead atoms. The molecular weight excluding hydrogens is 295 g/mol. The minimum atomic E-state index is -0.506. The van der Waals surface area contributed by atoms with Crippen molar-refractivity contribution in [2.24, 2.45) is 10.9 Å². The van der Waals surface area contributed by atoms with Gasteiger partial charge in [-0.05, 0) is 55.3 Å². The molecule has 0 unspecified atom stereocenters. The van der Waals surface area contributed by atoms with Crippen LogP contribution in [0.2, 0.25) is 5.02 Å². The van der Waals surface area contributed by atoms with Crippen LogP contribution in [0.15, 0.2) is 35.5 Å². The molecule has 2 aromatic carbocycles. The molecule has 0 atom stereocenters. The van der Waals surface area contributed by atoms with Gasteiger partial charge in [0, 0.05) is 5.02 Å². The Hall–Kier alpha value is -2.27. The minimum absolute atomic E-state index is 0.172. The molecule has 0 saturated heterocycles. The number of nitrogens with zero attached hydrogens (tertiary/aromatic N) is 1. The molecule has 110 valence electrons. The van der Waals surface area contributed by atoms with Gasteiger partial charge in [0.1, 0.15) is 17.3 Å². The molecule has 0 amide bonds. The Balaban J connectivity index is 2.50. The van der Waals surface area contributed by atoms with E-state index in [1.54, 1.807) is 12.1 Å². The van der Waals surface area contributed by atoms with E-state index >= 15 is 0 Å². The van der Waals surface area contributed by atoms with Crippen LogP contribution >= 0.6 is 11.6 Å². The topological polar surface area (TPSA) is 67.8 Å². The lowest BCUT2D eigenvalue weighted by Gasteiger charge is -2.15. The van der Waals surface area contributed by atoms with Crippen molar-refractivity contribution in [3.05, 3.63) is 57.9 Å². The lowest BCUT2D eigenvalue weighted by molar-refractivity contribution is 0.318. The van der Waals surface area contributed by atoms with Crippen molar-refractivity contribution >= 4 is 17.4 Å². The first-order valence-electron chi connectivity index (χ1n) is 6.14. The van der Waals surface area contributed by atoms with Crippen molar-refractivity contribution < 1.29 is 14.3 Å². The molecule has 0 saturated carbocycles. The van der Waals surface area contributed by atoms with Crippen LogP contribution in [0, 0.1) is 19.7 Å². The van der Waals surface area contributed by atoms with Gasteiger partial charge in [-0.15, -0.1) is 0 Å². The molecule has 21 heavy (non-hydrogen) atoms. The first kappa shape index (κ1) is 15.1. The molecular formula is C15H14ClFN2O2.